The molecule has 1 amide bonds. The lowest BCUT2D eigenvalue weighted by atomic mass is 9.56. The quantitative estimate of drug-likeness (QED) is 0.0866. The molecule has 2 fully saturated rings. The smallest absolute Gasteiger partial charge is 0.410 e. The lowest BCUT2D eigenvalue weighted by Crippen LogP contribution is -2.61. The third-order valence-electron chi connectivity index (χ3n) is 11.2. The van der Waals surface area contributed by atoms with Crippen molar-refractivity contribution in [2.45, 2.75) is 142 Å². The van der Waals surface area contributed by atoms with Crippen LogP contribution in [-0.4, -0.2) is 81.2 Å². The number of unbranched alkanes of at least 4 members (excludes halogenated alkanes) is 2. The van der Waals surface area contributed by atoms with E-state index in [-0.39, 0.29) is 40.4 Å². The minimum atomic E-state index is -1.70. The second-order valence-corrected chi connectivity index (χ2v) is 21.4. The number of ether oxygens (including phenoxy) is 2. The largest absolute Gasteiger partial charge is 0.469 e. The second kappa shape index (κ2) is 15.0. The Bertz CT molecular complexity index is 1200. The number of hydrogen-bond acceptors (Lipinski definition) is 6. The lowest BCUT2D eigenvalue weighted by molar-refractivity contribution is -0.150. The van der Waals surface area contributed by atoms with Crippen LogP contribution in [0.3, 0.4) is 0 Å². The Morgan fingerprint density at radius 3 is 2.48 bits per heavy atom. The van der Waals surface area contributed by atoms with Gasteiger partial charge in [-0.25, -0.2) is 4.79 Å². The first-order valence-electron chi connectivity index (χ1n) is 17.9. The van der Waals surface area contributed by atoms with E-state index in [4.69, 9.17) is 13.9 Å². The van der Waals surface area contributed by atoms with E-state index >= 15 is 0 Å². The number of nitrogens with zero attached hydrogens (tertiary/aromatic N) is 2. The van der Waals surface area contributed by atoms with E-state index in [9.17, 15) is 9.59 Å². The molecule has 0 aromatic rings. The van der Waals surface area contributed by atoms with Crippen molar-refractivity contribution in [3.05, 3.63) is 23.8 Å². The number of rotatable bonds is 8. The molecular weight excluding hydrogens is 593 g/mol. The molecule has 4 rings (SSSR count). The molecule has 7 nitrogen and oxygen atoms in total. The van der Waals surface area contributed by atoms with Crippen LogP contribution >= 0.6 is 0 Å². The van der Waals surface area contributed by atoms with Gasteiger partial charge in [0.15, 0.2) is 8.32 Å². The molecular formula is C38H62N2O5Si. The highest BCUT2D eigenvalue weighted by molar-refractivity contribution is 6.74. The number of esters is 1. The molecule has 5 atom stereocenters. The van der Waals surface area contributed by atoms with Gasteiger partial charge in [-0.05, 0) is 103 Å². The highest BCUT2D eigenvalue weighted by Crippen LogP contribution is 2.59. The highest BCUT2D eigenvalue weighted by atomic mass is 28.4. The van der Waals surface area contributed by atoms with Gasteiger partial charge in [-0.1, -0.05) is 44.6 Å². The summed E-state index contributed by atoms with van der Waals surface area (Å²) in [5.74, 6) is 6.54. The van der Waals surface area contributed by atoms with Crippen molar-refractivity contribution in [3.63, 3.8) is 0 Å². The molecule has 46 heavy (non-hydrogen) atoms. The summed E-state index contributed by atoms with van der Waals surface area (Å²) in [5, 5.41) is 0.236. The zero-order valence-electron chi connectivity index (χ0n) is 30.4. The number of carbonyl (C=O) groups is 2. The Balaban J connectivity index is 1.52. The number of allylic oxidation sites excluding steroid dienone is 1. The van der Waals surface area contributed by atoms with Crippen LogP contribution in [0.25, 0.3) is 0 Å². The number of hydrogen-bond donors (Lipinski definition) is 0. The minimum absolute atomic E-state index is 0.119. The van der Waals surface area contributed by atoms with E-state index < -0.39 is 13.9 Å². The zero-order chi connectivity index (χ0) is 33.8. The monoisotopic (exact) mass is 654 g/mol. The zero-order valence-corrected chi connectivity index (χ0v) is 31.4. The molecule has 0 N–H and O–H groups in total. The third kappa shape index (κ3) is 8.49. The maximum atomic E-state index is 13.4. The van der Waals surface area contributed by atoms with E-state index in [0.29, 0.717) is 19.1 Å². The van der Waals surface area contributed by atoms with Gasteiger partial charge >= 0.3 is 12.1 Å². The molecule has 0 saturated carbocycles. The number of fused-ring (bicyclic) bond motifs is 2. The SMILES string of the molecule is COC(=O)[C@@H]1C=C(CCC#CCCCCO[Si](C)(C)C(C)(C)C)[C@@H]2N3CCCC/C=C\[C@H]3C[C@@]23CN(C(=O)OC(C)(C)C)CC[C@@H]13. The Labute approximate surface area is 281 Å². The van der Waals surface area contributed by atoms with Crippen LogP contribution in [0.1, 0.15) is 106 Å². The summed E-state index contributed by atoms with van der Waals surface area (Å²) in [7, 11) is -0.196. The van der Waals surface area contributed by atoms with Crippen molar-refractivity contribution in [2.75, 3.05) is 33.4 Å². The summed E-state index contributed by atoms with van der Waals surface area (Å²) in [6.07, 6.45) is 16.4. The van der Waals surface area contributed by atoms with E-state index in [1.165, 1.54) is 19.1 Å². The van der Waals surface area contributed by atoms with Crippen molar-refractivity contribution in [2.24, 2.45) is 17.3 Å². The third-order valence-corrected chi connectivity index (χ3v) is 15.7. The molecule has 0 aromatic heterocycles. The first-order chi connectivity index (χ1) is 21.6. The number of methoxy groups -OCH3 is 1. The van der Waals surface area contributed by atoms with Crippen LogP contribution in [0.15, 0.2) is 23.8 Å². The maximum Gasteiger partial charge on any atom is 0.410 e. The topological polar surface area (TPSA) is 68.3 Å². The Kier molecular flexibility index (Phi) is 12.0. The summed E-state index contributed by atoms with van der Waals surface area (Å²) in [6.45, 7) is 20.3. The van der Waals surface area contributed by atoms with Gasteiger partial charge in [0.05, 0.1) is 13.0 Å². The minimum Gasteiger partial charge on any atom is -0.469 e. The van der Waals surface area contributed by atoms with E-state index in [1.54, 1.807) is 0 Å². The maximum absolute atomic E-state index is 13.4. The van der Waals surface area contributed by atoms with Gasteiger partial charge in [0.2, 0.25) is 0 Å². The lowest BCUT2D eigenvalue weighted by Gasteiger charge is -2.54. The number of piperidine rings is 1. The van der Waals surface area contributed by atoms with Crippen LogP contribution in [0, 0.1) is 29.1 Å². The fourth-order valence-corrected chi connectivity index (χ4v) is 9.02. The van der Waals surface area contributed by atoms with Crippen molar-refractivity contribution in [3.8, 4) is 11.8 Å². The number of likely N-dealkylation sites (tertiary alicyclic amines) is 1. The van der Waals surface area contributed by atoms with Crippen LogP contribution in [-0.2, 0) is 18.7 Å². The number of amides is 1. The Morgan fingerprint density at radius 2 is 1.78 bits per heavy atom. The van der Waals surface area contributed by atoms with Crippen LogP contribution < -0.4 is 0 Å². The molecule has 2 saturated heterocycles. The molecule has 1 aliphatic carbocycles. The van der Waals surface area contributed by atoms with Gasteiger partial charge < -0.3 is 18.8 Å². The van der Waals surface area contributed by atoms with Crippen molar-refractivity contribution in [1.29, 1.82) is 0 Å². The van der Waals surface area contributed by atoms with E-state index in [2.05, 4.69) is 68.8 Å². The highest BCUT2D eigenvalue weighted by Gasteiger charge is 2.63. The predicted octanol–water partition coefficient (Wildman–Crippen LogP) is 8.12. The van der Waals surface area contributed by atoms with E-state index in [0.717, 1.165) is 70.9 Å². The molecule has 4 aliphatic rings. The molecule has 1 spiro atoms. The fourth-order valence-electron chi connectivity index (χ4n) is 7.93. The summed E-state index contributed by atoms with van der Waals surface area (Å²) < 4.78 is 17.6. The molecule has 8 heteroatoms. The van der Waals surface area contributed by atoms with Crippen molar-refractivity contribution in [1.82, 2.24) is 9.80 Å². The van der Waals surface area contributed by atoms with Gasteiger partial charge in [-0.15, -0.1) is 11.8 Å². The standard InChI is InChI=1S/C38H62N2O5Si/c1-36(2,3)45-35(42)39-24-22-32-31(34(41)43-7)26-29(20-16-12-10-11-15-19-25-44-46(8,9)37(4,5)6)33-38(32,28-39)27-30-21-17-13-14-18-23-40(30)33/h17,21,26,30-33H,11,13-16,18-20,22-25,27-28H2,1-9H3/b21-17-/t30-,31+,32-,33-,38-/m0/s1. The van der Waals surface area contributed by atoms with E-state index in [1.807, 2.05) is 25.7 Å². The summed E-state index contributed by atoms with van der Waals surface area (Å²) in [4.78, 5) is 31.4. The second-order valence-electron chi connectivity index (χ2n) is 16.6. The fraction of sp³-hybridized carbons (Fsp3) is 0.789. The normalized spacial score (nSPS) is 29.2. The van der Waals surface area contributed by atoms with Gasteiger partial charge in [0.25, 0.3) is 0 Å². The molecule has 0 bridgehead atoms. The van der Waals surface area contributed by atoms with Gasteiger partial charge in [0, 0.05) is 50.0 Å². The molecule has 0 radical (unpaired) electrons. The van der Waals surface area contributed by atoms with Crippen LogP contribution in [0.4, 0.5) is 4.79 Å². The van der Waals surface area contributed by atoms with Crippen molar-refractivity contribution < 1.29 is 23.5 Å². The van der Waals surface area contributed by atoms with Crippen LogP contribution in [0.5, 0.6) is 0 Å². The van der Waals surface area contributed by atoms with Gasteiger partial charge in [0.1, 0.15) is 5.60 Å². The summed E-state index contributed by atoms with van der Waals surface area (Å²) >= 11 is 0. The summed E-state index contributed by atoms with van der Waals surface area (Å²) in [6, 6.07) is 0.469. The molecule has 258 valence electrons. The van der Waals surface area contributed by atoms with Gasteiger partial charge in [-0.3, -0.25) is 9.69 Å². The molecule has 3 heterocycles. The van der Waals surface area contributed by atoms with Crippen LogP contribution in [0.2, 0.25) is 18.1 Å². The first kappa shape index (κ1) is 36.7. The Hall–Kier alpha value is -2.08. The molecule has 3 aliphatic heterocycles. The average Bonchev–Trinajstić information content (AvgIpc) is 3.25. The Morgan fingerprint density at radius 1 is 1.04 bits per heavy atom. The average molecular weight is 655 g/mol. The first-order valence-corrected chi connectivity index (χ1v) is 20.8. The summed E-state index contributed by atoms with van der Waals surface area (Å²) in [5.41, 5.74) is 0.500. The molecule has 0 unspecified atom stereocenters. The van der Waals surface area contributed by atoms with Gasteiger partial charge in [-0.2, -0.15) is 0 Å². The van der Waals surface area contributed by atoms with Crippen molar-refractivity contribution >= 4 is 20.4 Å². The number of carbonyl (C=O) groups excluding carboxylic acids is 2. The molecule has 0 aromatic carbocycles. The predicted molar refractivity (Wildman–Crippen MR) is 188 cm³/mol.